The molecule has 1 saturated heterocycles. The highest BCUT2D eigenvalue weighted by Gasteiger charge is 2.81. The van der Waals surface area contributed by atoms with Crippen LogP contribution in [-0.2, 0) is 10.8 Å². The van der Waals surface area contributed by atoms with Gasteiger partial charge in [-0.05, 0) is 45.2 Å². The Morgan fingerprint density at radius 2 is 0.824 bits per heavy atom. The maximum atomic E-state index is 15.6. The molecule has 1 fully saturated rings. The van der Waals surface area contributed by atoms with Crippen LogP contribution in [0.15, 0.2) is 127 Å². The molecule has 0 aromatic heterocycles. The van der Waals surface area contributed by atoms with E-state index in [-0.39, 0.29) is 22.4 Å². The average Bonchev–Trinajstić information content (AvgIpc) is 3.63. The first-order valence-corrected chi connectivity index (χ1v) is 17.7. The number of para-hydroxylation sites is 1. The lowest BCUT2D eigenvalue weighted by molar-refractivity contribution is 0.0619. The summed E-state index contributed by atoms with van der Waals surface area (Å²) in [5, 5.41) is 0. The molecule has 0 amide bonds. The van der Waals surface area contributed by atoms with Gasteiger partial charge in [0.25, 0.3) is 0 Å². The summed E-state index contributed by atoms with van der Waals surface area (Å²) >= 11 is 0. The second kappa shape index (κ2) is 11.0. The van der Waals surface area contributed by atoms with Gasteiger partial charge in [-0.3, -0.25) is 19.2 Å². The molecule has 0 N–H and O–H groups in total. The molecular weight excluding hydrogens is 631 g/mol. The van der Waals surface area contributed by atoms with Gasteiger partial charge in [0.05, 0.1) is 6.04 Å². The zero-order chi connectivity index (χ0) is 36.1. The molecule has 5 nitrogen and oxygen atoms in total. The largest absolute Gasteiger partial charge is 0.343 e. The highest BCUT2D eigenvalue weighted by molar-refractivity contribution is 6.39. The Morgan fingerprint density at radius 3 is 1.24 bits per heavy atom. The van der Waals surface area contributed by atoms with Gasteiger partial charge in [0.1, 0.15) is 5.41 Å². The van der Waals surface area contributed by atoms with Gasteiger partial charge in [0, 0.05) is 33.9 Å². The summed E-state index contributed by atoms with van der Waals surface area (Å²) in [4.78, 5) is 64.1. The molecule has 5 aromatic rings. The Hall–Kier alpha value is -5.42. The maximum absolute atomic E-state index is 15.6. The predicted octanol–water partition coefficient (Wildman–Crippen LogP) is 9.51. The number of nitrogens with zero attached hydrogens (tertiary/aromatic N) is 1. The van der Waals surface area contributed by atoms with Crippen LogP contribution in [0.5, 0.6) is 0 Å². The molecule has 0 radical (unpaired) electrons. The quantitative estimate of drug-likeness (QED) is 0.179. The molecule has 0 bridgehead atoms. The van der Waals surface area contributed by atoms with Gasteiger partial charge >= 0.3 is 0 Å². The normalized spacial score (nSPS) is 20.4. The van der Waals surface area contributed by atoms with Gasteiger partial charge in [0.15, 0.2) is 28.7 Å². The van der Waals surface area contributed by atoms with E-state index in [1.807, 2.05) is 83.8 Å². The van der Waals surface area contributed by atoms with E-state index in [0.29, 0.717) is 39.1 Å². The fourth-order valence-electron chi connectivity index (χ4n) is 9.04. The van der Waals surface area contributed by atoms with E-state index in [0.717, 1.165) is 11.1 Å². The number of rotatable bonds is 3. The van der Waals surface area contributed by atoms with Crippen LogP contribution in [0.1, 0.15) is 117 Å². The van der Waals surface area contributed by atoms with Crippen LogP contribution >= 0.6 is 0 Å². The highest BCUT2D eigenvalue weighted by atomic mass is 16.2. The Kier molecular flexibility index (Phi) is 7.09. The Balaban J connectivity index is 1.54. The van der Waals surface area contributed by atoms with Crippen LogP contribution in [0, 0.1) is 5.41 Å². The summed E-state index contributed by atoms with van der Waals surface area (Å²) in [5.41, 5.74) is 1.10. The van der Waals surface area contributed by atoms with Gasteiger partial charge in [-0.2, -0.15) is 0 Å². The van der Waals surface area contributed by atoms with Gasteiger partial charge in [-0.15, -0.1) is 0 Å². The summed E-state index contributed by atoms with van der Waals surface area (Å²) in [7, 11) is 0. The van der Waals surface area contributed by atoms with Gasteiger partial charge in [0.2, 0.25) is 0 Å². The third-order valence-corrected chi connectivity index (χ3v) is 11.5. The number of Topliss-reactive ketones (excluding diaryl/α,β-unsaturated/α-hetero) is 4. The van der Waals surface area contributed by atoms with Crippen LogP contribution in [0.25, 0.3) is 0 Å². The third kappa shape index (κ3) is 4.33. The van der Waals surface area contributed by atoms with Crippen molar-refractivity contribution in [2.45, 2.75) is 69.9 Å². The van der Waals surface area contributed by atoms with Crippen molar-refractivity contribution in [3.63, 3.8) is 0 Å². The van der Waals surface area contributed by atoms with E-state index in [1.54, 1.807) is 48.5 Å². The number of ketones is 4. The number of hydrogen-bond donors (Lipinski definition) is 0. The van der Waals surface area contributed by atoms with Gasteiger partial charge in [-0.25, -0.2) is 0 Å². The topological polar surface area (TPSA) is 71.5 Å². The van der Waals surface area contributed by atoms with Crippen molar-refractivity contribution < 1.29 is 19.2 Å². The Bertz CT molecular complexity index is 2180. The molecule has 1 heterocycles. The average molecular weight is 672 g/mol. The Morgan fingerprint density at radius 1 is 0.451 bits per heavy atom. The van der Waals surface area contributed by atoms with Crippen LogP contribution in [-0.4, -0.2) is 28.7 Å². The number of carbonyl (C=O) groups excluding carboxylic acids is 4. The van der Waals surface area contributed by atoms with E-state index in [1.165, 1.54) is 0 Å². The molecule has 0 saturated carbocycles. The molecule has 2 spiro atoms. The van der Waals surface area contributed by atoms with Crippen molar-refractivity contribution in [1.82, 2.24) is 0 Å². The van der Waals surface area contributed by atoms with E-state index in [9.17, 15) is 0 Å². The van der Waals surface area contributed by atoms with E-state index in [2.05, 4.69) is 41.5 Å². The zero-order valence-electron chi connectivity index (χ0n) is 29.9. The van der Waals surface area contributed by atoms with Crippen molar-refractivity contribution in [1.29, 1.82) is 0 Å². The number of fused-ring (bicyclic) bond motifs is 2. The van der Waals surface area contributed by atoms with Crippen molar-refractivity contribution in [3.8, 4) is 0 Å². The highest BCUT2D eigenvalue weighted by Crippen LogP contribution is 2.70. The number of benzene rings is 5. The van der Waals surface area contributed by atoms with Crippen molar-refractivity contribution in [2.75, 3.05) is 4.90 Å². The fourth-order valence-corrected chi connectivity index (χ4v) is 9.04. The molecule has 1 aliphatic heterocycles. The molecule has 8 rings (SSSR count). The number of anilines is 1. The monoisotopic (exact) mass is 671 g/mol. The number of hydrogen-bond acceptors (Lipinski definition) is 5. The first kappa shape index (κ1) is 32.8. The van der Waals surface area contributed by atoms with Crippen LogP contribution < -0.4 is 4.90 Å². The summed E-state index contributed by atoms with van der Waals surface area (Å²) in [6.07, 6.45) is 0. The van der Waals surface area contributed by atoms with E-state index < -0.39 is 34.5 Å². The first-order valence-electron chi connectivity index (χ1n) is 17.7. The summed E-state index contributed by atoms with van der Waals surface area (Å²) in [6.45, 7) is 12.8. The molecule has 254 valence electrons. The predicted molar refractivity (Wildman–Crippen MR) is 200 cm³/mol. The van der Waals surface area contributed by atoms with Crippen molar-refractivity contribution in [3.05, 3.63) is 172 Å². The SMILES string of the molecule is CC(C)(C)c1ccc([C@@H]2C3(C(=O)c4ccccc4C3=O)[C@@H](c3ccc(C(C)(C)C)cc3)N(c3ccccc3)C23C(=O)c2ccccc2C3=O)cc1. The maximum Gasteiger partial charge on any atom is 0.197 e. The molecule has 2 aliphatic carbocycles. The molecule has 5 heteroatoms. The standard InChI is InChI=1S/C46H41NO4/c1-43(2,3)30-24-20-28(21-25-30)37-45(39(48)33-16-10-11-17-34(33)40(45)49)38(29-22-26-31(27-23-29)44(4,5)6)47(32-14-8-7-9-15-32)46(37)41(50)35-18-12-13-19-36(35)42(46)51/h7-27,37-38H,1-6H3/t37-,38-/m1/s1. The van der Waals surface area contributed by atoms with Gasteiger partial charge < -0.3 is 4.90 Å². The molecular formula is C46H41NO4. The lowest BCUT2D eigenvalue weighted by Gasteiger charge is -2.40. The second-order valence-corrected chi connectivity index (χ2v) is 16.3. The van der Waals surface area contributed by atoms with Crippen LogP contribution in [0.4, 0.5) is 5.69 Å². The van der Waals surface area contributed by atoms with E-state index >= 15 is 19.2 Å². The third-order valence-electron chi connectivity index (χ3n) is 11.5. The Labute approximate surface area is 299 Å². The zero-order valence-corrected chi connectivity index (χ0v) is 29.9. The van der Waals surface area contributed by atoms with Crippen LogP contribution in [0.3, 0.4) is 0 Å². The summed E-state index contributed by atoms with van der Waals surface area (Å²) in [6, 6.07) is 38.1. The summed E-state index contributed by atoms with van der Waals surface area (Å²) in [5.74, 6) is -2.70. The smallest absolute Gasteiger partial charge is 0.197 e. The first-order chi connectivity index (χ1) is 24.2. The minimum Gasteiger partial charge on any atom is -0.343 e. The molecule has 0 unspecified atom stereocenters. The fraction of sp³-hybridized carbons (Fsp3) is 0.261. The molecule has 3 aliphatic rings. The minimum absolute atomic E-state index is 0.155. The molecule has 51 heavy (non-hydrogen) atoms. The molecule has 2 atom stereocenters. The second-order valence-electron chi connectivity index (χ2n) is 16.3. The van der Waals surface area contributed by atoms with Crippen molar-refractivity contribution >= 4 is 28.8 Å². The number of carbonyl (C=O) groups is 4. The lowest BCUT2D eigenvalue weighted by atomic mass is 9.59. The van der Waals surface area contributed by atoms with Crippen molar-refractivity contribution in [2.24, 2.45) is 5.41 Å². The van der Waals surface area contributed by atoms with Gasteiger partial charge in [-0.1, -0.05) is 157 Å². The van der Waals surface area contributed by atoms with E-state index in [4.69, 9.17) is 0 Å². The lowest BCUT2D eigenvalue weighted by Crippen LogP contribution is -2.57. The van der Waals surface area contributed by atoms with Crippen LogP contribution in [0.2, 0.25) is 0 Å². The summed E-state index contributed by atoms with van der Waals surface area (Å²) < 4.78 is 0. The molecule has 5 aromatic carbocycles. The minimum atomic E-state index is -1.95.